The van der Waals surface area contributed by atoms with Crippen LogP contribution in [0.2, 0.25) is 0 Å². The molecule has 0 aromatic heterocycles. The number of benzene rings is 2. The Bertz CT molecular complexity index is 913. The molecule has 0 unspecified atom stereocenters. The molecule has 1 heterocycles. The summed E-state index contributed by atoms with van der Waals surface area (Å²) in [5.74, 6) is -0.764. The number of fused-ring (bicyclic) bond motifs is 1. The predicted molar refractivity (Wildman–Crippen MR) is 105 cm³/mol. The van der Waals surface area contributed by atoms with Crippen molar-refractivity contribution in [2.24, 2.45) is 0 Å². The van der Waals surface area contributed by atoms with E-state index in [1.54, 1.807) is 25.1 Å². The number of anilines is 1. The lowest BCUT2D eigenvalue weighted by molar-refractivity contribution is -0.115. The molecule has 1 spiro atoms. The maximum Gasteiger partial charge on any atom is 0.251 e. The molecule has 2 aliphatic rings. The molecule has 0 radical (unpaired) electrons. The van der Waals surface area contributed by atoms with Crippen LogP contribution in [0.5, 0.6) is 11.5 Å². The summed E-state index contributed by atoms with van der Waals surface area (Å²) in [6, 6.07) is 8.30. The van der Waals surface area contributed by atoms with Gasteiger partial charge in [-0.15, -0.1) is 0 Å². The van der Waals surface area contributed by atoms with Crippen molar-refractivity contribution >= 4 is 11.6 Å². The molecule has 2 aromatic rings. The zero-order chi connectivity index (χ0) is 20.4. The normalized spacial score (nSPS) is 17.9. The van der Waals surface area contributed by atoms with E-state index in [1.165, 1.54) is 18.6 Å². The Morgan fingerprint density at radius 1 is 1.07 bits per heavy atom. The molecule has 1 aliphatic carbocycles. The fourth-order valence-electron chi connectivity index (χ4n) is 3.88. The van der Waals surface area contributed by atoms with Gasteiger partial charge < -0.3 is 20.1 Å². The third-order valence-electron chi connectivity index (χ3n) is 5.43. The molecule has 7 heteroatoms. The number of nitrogens with one attached hydrogen (secondary N) is 2. The van der Waals surface area contributed by atoms with Crippen LogP contribution in [0.3, 0.4) is 0 Å². The van der Waals surface area contributed by atoms with E-state index >= 15 is 0 Å². The fraction of sp³-hybridized carbons (Fsp3) is 0.409. The average Bonchev–Trinajstić information content (AvgIpc) is 3.03. The number of carbonyl (C=O) groups is 1. The molecule has 4 rings (SSSR count). The number of hydrogen-bond donors (Lipinski definition) is 2. The molecule has 29 heavy (non-hydrogen) atoms. The van der Waals surface area contributed by atoms with Crippen LogP contribution in [0.25, 0.3) is 0 Å². The van der Waals surface area contributed by atoms with Gasteiger partial charge in [-0.2, -0.15) is 0 Å². The largest absolute Gasteiger partial charge is 0.448 e. The number of rotatable bonds is 5. The van der Waals surface area contributed by atoms with E-state index in [4.69, 9.17) is 9.47 Å². The summed E-state index contributed by atoms with van der Waals surface area (Å²) in [6.07, 6.45) is 5.09. The molecule has 2 N–H and O–H groups in total. The third-order valence-corrected chi connectivity index (χ3v) is 5.43. The van der Waals surface area contributed by atoms with Crippen molar-refractivity contribution in [1.29, 1.82) is 0 Å². The molecule has 2 aromatic carbocycles. The molecule has 1 amide bonds. The Hall–Kier alpha value is -2.67. The van der Waals surface area contributed by atoms with E-state index in [2.05, 4.69) is 10.6 Å². The summed E-state index contributed by atoms with van der Waals surface area (Å²) in [5.41, 5.74) is 0.910. The second-order valence-corrected chi connectivity index (χ2v) is 7.65. The second-order valence-electron chi connectivity index (χ2n) is 7.65. The van der Waals surface area contributed by atoms with E-state index in [0.29, 0.717) is 22.7 Å². The Labute approximate surface area is 168 Å². The van der Waals surface area contributed by atoms with E-state index in [1.807, 2.05) is 0 Å². The SMILES string of the molecule is C[C@@H](NCC(=O)Nc1ccc2c(c1)OC1(CCCCC1)O2)c1ccc(F)cc1F. The molecule has 5 nitrogen and oxygen atoms in total. The summed E-state index contributed by atoms with van der Waals surface area (Å²) < 4.78 is 39.0. The van der Waals surface area contributed by atoms with E-state index in [9.17, 15) is 13.6 Å². The van der Waals surface area contributed by atoms with Crippen LogP contribution in [0.15, 0.2) is 36.4 Å². The van der Waals surface area contributed by atoms with E-state index in [-0.39, 0.29) is 12.5 Å². The molecule has 1 fully saturated rings. The monoisotopic (exact) mass is 402 g/mol. The molecule has 1 saturated carbocycles. The van der Waals surface area contributed by atoms with E-state index in [0.717, 1.165) is 31.7 Å². The minimum Gasteiger partial charge on any atom is -0.448 e. The van der Waals surface area contributed by atoms with Crippen LogP contribution < -0.4 is 20.1 Å². The van der Waals surface area contributed by atoms with E-state index < -0.39 is 23.5 Å². The number of halogens is 2. The van der Waals surface area contributed by atoms with Gasteiger partial charge in [0.25, 0.3) is 5.79 Å². The predicted octanol–water partition coefficient (Wildman–Crippen LogP) is 4.69. The first-order valence-electron chi connectivity index (χ1n) is 9.94. The number of ether oxygens (including phenoxy) is 2. The zero-order valence-corrected chi connectivity index (χ0v) is 16.3. The highest BCUT2D eigenvalue weighted by Crippen LogP contribution is 2.46. The molecule has 0 saturated heterocycles. The van der Waals surface area contributed by atoms with Crippen molar-refractivity contribution in [3.63, 3.8) is 0 Å². The number of hydrogen-bond acceptors (Lipinski definition) is 4. The van der Waals surface area contributed by atoms with Gasteiger partial charge in [-0.1, -0.05) is 12.5 Å². The zero-order valence-electron chi connectivity index (χ0n) is 16.3. The van der Waals surface area contributed by atoms with Crippen molar-refractivity contribution in [2.45, 2.75) is 50.9 Å². The van der Waals surface area contributed by atoms with Crippen LogP contribution in [-0.4, -0.2) is 18.2 Å². The first kappa shape index (κ1) is 19.6. The van der Waals surface area contributed by atoms with Crippen LogP contribution in [-0.2, 0) is 4.79 Å². The smallest absolute Gasteiger partial charge is 0.251 e. The maximum absolute atomic E-state index is 13.8. The van der Waals surface area contributed by atoms with Gasteiger partial charge in [-0.05, 0) is 38.0 Å². The van der Waals surface area contributed by atoms with Crippen molar-refractivity contribution < 1.29 is 23.0 Å². The van der Waals surface area contributed by atoms with Gasteiger partial charge in [0.2, 0.25) is 5.91 Å². The van der Waals surface area contributed by atoms with Crippen LogP contribution in [0, 0.1) is 11.6 Å². The second kappa shape index (κ2) is 7.99. The quantitative estimate of drug-likeness (QED) is 0.762. The first-order valence-corrected chi connectivity index (χ1v) is 9.94. The minimum absolute atomic E-state index is 0.0175. The Kier molecular flexibility index (Phi) is 5.41. The van der Waals surface area contributed by atoms with Crippen molar-refractivity contribution in [1.82, 2.24) is 5.32 Å². The Balaban J connectivity index is 1.33. The van der Waals surface area contributed by atoms with Gasteiger partial charge in [0.05, 0.1) is 6.54 Å². The van der Waals surface area contributed by atoms with Gasteiger partial charge in [-0.25, -0.2) is 8.78 Å². The fourth-order valence-corrected chi connectivity index (χ4v) is 3.88. The third kappa shape index (κ3) is 4.34. The molecular weight excluding hydrogens is 378 g/mol. The van der Waals surface area contributed by atoms with Crippen molar-refractivity contribution in [3.05, 3.63) is 53.6 Å². The van der Waals surface area contributed by atoms with Crippen molar-refractivity contribution in [3.8, 4) is 11.5 Å². The Morgan fingerprint density at radius 2 is 1.83 bits per heavy atom. The summed E-state index contributed by atoms with van der Waals surface area (Å²) in [6.45, 7) is 1.70. The molecule has 154 valence electrons. The van der Waals surface area contributed by atoms with Gasteiger partial charge in [0.15, 0.2) is 11.5 Å². The summed E-state index contributed by atoms with van der Waals surface area (Å²) in [5, 5.41) is 5.75. The van der Waals surface area contributed by atoms with Gasteiger partial charge in [0.1, 0.15) is 11.6 Å². The van der Waals surface area contributed by atoms with Crippen LogP contribution in [0.4, 0.5) is 14.5 Å². The topological polar surface area (TPSA) is 59.6 Å². The lowest BCUT2D eigenvalue weighted by Gasteiger charge is -2.31. The molecule has 1 atom stereocenters. The average molecular weight is 402 g/mol. The number of amides is 1. The minimum atomic E-state index is -0.641. The van der Waals surface area contributed by atoms with Gasteiger partial charge in [0, 0.05) is 42.3 Å². The summed E-state index contributed by atoms with van der Waals surface area (Å²) in [7, 11) is 0. The molecular formula is C22H24F2N2O3. The standard InChI is InChI=1S/C22H24F2N2O3/c1-14(17-7-5-15(23)11-18(17)24)25-13-21(27)26-16-6-8-19-20(12-16)29-22(28-19)9-3-2-4-10-22/h5-8,11-12,14,25H,2-4,9-10,13H2,1H3,(H,26,27)/t14-/m1/s1. The molecule has 1 aliphatic heterocycles. The van der Waals surface area contributed by atoms with Gasteiger partial charge in [-0.3, -0.25) is 4.79 Å². The highest BCUT2D eigenvalue weighted by molar-refractivity contribution is 5.92. The van der Waals surface area contributed by atoms with Gasteiger partial charge >= 0.3 is 0 Å². The highest BCUT2D eigenvalue weighted by atomic mass is 19.1. The maximum atomic E-state index is 13.8. The lowest BCUT2D eigenvalue weighted by Crippen LogP contribution is -2.40. The Morgan fingerprint density at radius 3 is 2.59 bits per heavy atom. The summed E-state index contributed by atoms with van der Waals surface area (Å²) in [4.78, 5) is 12.3. The number of carbonyl (C=O) groups excluding carboxylic acids is 1. The summed E-state index contributed by atoms with van der Waals surface area (Å²) >= 11 is 0. The van der Waals surface area contributed by atoms with Crippen LogP contribution >= 0.6 is 0 Å². The first-order chi connectivity index (χ1) is 13.9. The van der Waals surface area contributed by atoms with Crippen LogP contribution in [0.1, 0.15) is 50.6 Å². The molecule has 0 bridgehead atoms. The lowest BCUT2D eigenvalue weighted by atomic mass is 9.94. The highest BCUT2D eigenvalue weighted by Gasteiger charge is 2.42. The van der Waals surface area contributed by atoms with Crippen molar-refractivity contribution in [2.75, 3.05) is 11.9 Å².